The third-order valence-electron chi connectivity index (χ3n) is 6.81. The van der Waals surface area contributed by atoms with Crippen molar-refractivity contribution in [3.05, 3.63) is 59.7 Å². The van der Waals surface area contributed by atoms with E-state index in [0.717, 1.165) is 47.6 Å². The Hall–Kier alpha value is -2.62. The summed E-state index contributed by atoms with van der Waals surface area (Å²) in [5.41, 5.74) is 4.59. The molecule has 0 spiro atoms. The number of carbonyl (C=O) groups is 2. The van der Waals surface area contributed by atoms with Gasteiger partial charge in [-0.3, -0.25) is 9.59 Å². The van der Waals surface area contributed by atoms with Crippen molar-refractivity contribution in [1.29, 1.82) is 0 Å². The van der Waals surface area contributed by atoms with E-state index in [9.17, 15) is 9.59 Å². The lowest BCUT2D eigenvalue weighted by Crippen LogP contribution is -2.24. The molecule has 1 saturated heterocycles. The number of likely N-dealkylation sites (tertiary alicyclic amines) is 1. The fourth-order valence-corrected chi connectivity index (χ4v) is 4.93. The van der Waals surface area contributed by atoms with E-state index in [1.54, 1.807) is 0 Å². The Labute approximate surface area is 186 Å². The zero-order valence-electron chi connectivity index (χ0n) is 18.4. The Balaban J connectivity index is 1.33. The van der Waals surface area contributed by atoms with Gasteiger partial charge in [-0.05, 0) is 41.0 Å². The Morgan fingerprint density at radius 1 is 0.968 bits per heavy atom. The standard InChI is InChI=1S/C27H34N2O2/c30-26(17-14-21-7-2-1-3-8-21)28-19-24-9-4-5-10-25(24)23-15-12-22(13-16-23)20-29-18-6-11-27(29)31/h4-5,9-10,12-13,15-16,21H,1-3,6-8,11,14,17-20H2,(H,28,30). The van der Waals surface area contributed by atoms with Gasteiger partial charge in [0.15, 0.2) is 0 Å². The Bertz CT molecular complexity index is 884. The highest BCUT2D eigenvalue weighted by atomic mass is 16.2. The summed E-state index contributed by atoms with van der Waals surface area (Å²) >= 11 is 0. The van der Waals surface area contributed by atoms with Crippen molar-refractivity contribution in [2.75, 3.05) is 6.54 Å². The van der Waals surface area contributed by atoms with Gasteiger partial charge in [-0.2, -0.15) is 0 Å². The number of amides is 2. The number of rotatable bonds is 8. The van der Waals surface area contributed by atoms with E-state index in [-0.39, 0.29) is 11.8 Å². The molecule has 1 heterocycles. The van der Waals surface area contributed by atoms with Crippen LogP contribution in [-0.2, 0) is 22.7 Å². The first-order chi connectivity index (χ1) is 15.2. The van der Waals surface area contributed by atoms with E-state index in [4.69, 9.17) is 0 Å². The predicted octanol–water partition coefficient (Wildman–Crippen LogP) is 5.45. The second-order valence-electron chi connectivity index (χ2n) is 9.09. The molecule has 1 N–H and O–H groups in total. The van der Waals surface area contributed by atoms with Gasteiger partial charge in [0.1, 0.15) is 0 Å². The fraction of sp³-hybridized carbons (Fsp3) is 0.481. The summed E-state index contributed by atoms with van der Waals surface area (Å²) in [5.74, 6) is 1.15. The highest BCUT2D eigenvalue weighted by Gasteiger charge is 2.20. The monoisotopic (exact) mass is 418 g/mol. The quantitative estimate of drug-likeness (QED) is 0.619. The van der Waals surface area contributed by atoms with E-state index in [1.165, 1.54) is 32.1 Å². The second kappa shape index (κ2) is 10.6. The van der Waals surface area contributed by atoms with Crippen molar-refractivity contribution in [3.63, 3.8) is 0 Å². The van der Waals surface area contributed by atoms with Crippen LogP contribution in [0, 0.1) is 5.92 Å². The molecular weight excluding hydrogens is 384 g/mol. The Kier molecular flexibility index (Phi) is 7.39. The van der Waals surface area contributed by atoms with Crippen molar-refractivity contribution in [3.8, 4) is 11.1 Å². The van der Waals surface area contributed by atoms with Crippen molar-refractivity contribution < 1.29 is 9.59 Å². The maximum absolute atomic E-state index is 12.4. The van der Waals surface area contributed by atoms with Gasteiger partial charge >= 0.3 is 0 Å². The predicted molar refractivity (Wildman–Crippen MR) is 124 cm³/mol. The highest BCUT2D eigenvalue weighted by Crippen LogP contribution is 2.28. The van der Waals surface area contributed by atoms with Crippen LogP contribution in [0.4, 0.5) is 0 Å². The first-order valence-electron chi connectivity index (χ1n) is 11.9. The zero-order chi connectivity index (χ0) is 21.5. The molecule has 1 aliphatic carbocycles. The van der Waals surface area contributed by atoms with Crippen LogP contribution >= 0.6 is 0 Å². The molecule has 0 atom stereocenters. The molecule has 0 bridgehead atoms. The lowest BCUT2D eigenvalue weighted by atomic mass is 9.86. The van der Waals surface area contributed by atoms with Crippen molar-refractivity contribution >= 4 is 11.8 Å². The highest BCUT2D eigenvalue weighted by molar-refractivity contribution is 5.78. The molecule has 0 aromatic heterocycles. The molecule has 2 aromatic carbocycles. The molecule has 4 nitrogen and oxygen atoms in total. The molecule has 2 amide bonds. The van der Waals surface area contributed by atoms with Crippen LogP contribution in [0.5, 0.6) is 0 Å². The summed E-state index contributed by atoms with van der Waals surface area (Å²) in [6.45, 7) is 2.12. The number of carbonyl (C=O) groups excluding carboxylic acids is 2. The molecule has 2 aromatic rings. The van der Waals surface area contributed by atoms with Gasteiger partial charge in [0, 0.05) is 32.5 Å². The molecule has 31 heavy (non-hydrogen) atoms. The first kappa shape index (κ1) is 21.6. The topological polar surface area (TPSA) is 49.4 Å². The number of hydrogen-bond donors (Lipinski definition) is 1. The lowest BCUT2D eigenvalue weighted by Gasteiger charge is -2.21. The average molecular weight is 419 g/mol. The van der Waals surface area contributed by atoms with E-state index < -0.39 is 0 Å². The van der Waals surface area contributed by atoms with Crippen LogP contribution in [-0.4, -0.2) is 23.3 Å². The normalized spacial score (nSPS) is 17.2. The SMILES string of the molecule is O=C(CCC1CCCCC1)NCc1ccccc1-c1ccc(CN2CCCC2=O)cc1. The molecular formula is C27H34N2O2. The summed E-state index contributed by atoms with van der Waals surface area (Å²) in [6.07, 6.45) is 9.90. The van der Waals surface area contributed by atoms with E-state index >= 15 is 0 Å². The van der Waals surface area contributed by atoms with E-state index in [2.05, 4.69) is 41.7 Å². The zero-order valence-corrected chi connectivity index (χ0v) is 18.4. The first-order valence-corrected chi connectivity index (χ1v) is 11.9. The molecule has 0 radical (unpaired) electrons. The number of nitrogens with one attached hydrogen (secondary N) is 1. The second-order valence-corrected chi connectivity index (χ2v) is 9.09. The largest absolute Gasteiger partial charge is 0.352 e. The van der Waals surface area contributed by atoms with Crippen LogP contribution in [0.1, 0.15) is 68.9 Å². The van der Waals surface area contributed by atoms with Crippen LogP contribution in [0.25, 0.3) is 11.1 Å². The van der Waals surface area contributed by atoms with Gasteiger partial charge in [0.2, 0.25) is 11.8 Å². The molecule has 4 heteroatoms. The van der Waals surface area contributed by atoms with Gasteiger partial charge in [0.25, 0.3) is 0 Å². The summed E-state index contributed by atoms with van der Waals surface area (Å²) in [5, 5.41) is 3.13. The fourth-order valence-electron chi connectivity index (χ4n) is 4.93. The van der Waals surface area contributed by atoms with Gasteiger partial charge < -0.3 is 10.2 Å². The summed E-state index contributed by atoms with van der Waals surface area (Å²) in [4.78, 5) is 26.2. The van der Waals surface area contributed by atoms with Crippen LogP contribution in [0.15, 0.2) is 48.5 Å². The van der Waals surface area contributed by atoms with Gasteiger partial charge in [-0.15, -0.1) is 0 Å². The van der Waals surface area contributed by atoms with E-state index in [1.807, 2.05) is 17.0 Å². The molecule has 2 aliphatic rings. The minimum atomic E-state index is 0.158. The van der Waals surface area contributed by atoms with Gasteiger partial charge in [0.05, 0.1) is 0 Å². The number of hydrogen-bond acceptors (Lipinski definition) is 2. The average Bonchev–Trinajstić information content (AvgIpc) is 3.22. The van der Waals surface area contributed by atoms with Crippen molar-refractivity contribution in [2.45, 2.75) is 70.9 Å². The molecule has 1 aliphatic heterocycles. The Morgan fingerprint density at radius 2 is 1.74 bits per heavy atom. The van der Waals surface area contributed by atoms with Crippen molar-refractivity contribution in [2.24, 2.45) is 5.92 Å². The molecule has 1 saturated carbocycles. The molecule has 2 fully saturated rings. The maximum Gasteiger partial charge on any atom is 0.222 e. The minimum absolute atomic E-state index is 0.158. The summed E-state index contributed by atoms with van der Waals surface area (Å²) < 4.78 is 0. The molecule has 0 unspecified atom stereocenters. The third-order valence-corrected chi connectivity index (χ3v) is 6.81. The minimum Gasteiger partial charge on any atom is -0.352 e. The lowest BCUT2D eigenvalue weighted by molar-refractivity contribution is -0.128. The molecule has 164 valence electrons. The Morgan fingerprint density at radius 3 is 2.48 bits per heavy atom. The van der Waals surface area contributed by atoms with Crippen LogP contribution in [0.2, 0.25) is 0 Å². The van der Waals surface area contributed by atoms with Gasteiger partial charge in [-0.25, -0.2) is 0 Å². The summed E-state index contributed by atoms with van der Waals surface area (Å²) in [7, 11) is 0. The van der Waals surface area contributed by atoms with Crippen molar-refractivity contribution in [1.82, 2.24) is 10.2 Å². The molecule has 4 rings (SSSR count). The van der Waals surface area contributed by atoms with Crippen LogP contribution < -0.4 is 5.32 Å². The number of benzene rings is 2. The maximum atomic E-state index is 12.4. The van der Waals surface area contributed by atoms with Crippen LogP contribution in [0.3, 0.4) is 0 Å². The third kappa shape index (κ3) is 5.96. The summed E-state index contributed by atoms with van der Waals surface area (Å²) in [6, 6.07) is 16.7. The van der Waals surface area contributed by atoms with E-state index in [0.29, 0.717) is 25.9 Å². The van der Waals surface area contributed by atoms with Gasteiger partial charge in [-0.1, -0.05) is 80.6 Å². The smallest absolute Gasteiger partial charge is 0.222 e. The number of nitrogens with zero attached hydrogens (tertiary/aromatic N) is 1.